The molecule has 0 saturated carbocycles. The van der Waals surface area contributed by atoms with Gasteiger partial charge >= 0.3 is 0 Å². The number of aromatic nitrogens is 1. The van der Waals surface area contributed by atoms with Gasteiger partial charge in [-0.05, 0) is 30.2 Å². The van der Waals surface area contributed by atoms with Crippen molar-refractivity contribution in [1.29, 1.82) is 0 Å². The molecule has 2 heterocycles. The van der Waals surface area contributed by atoms with Gasteiger partial charge in [0.2, 0.25) is 0 Å². The number of carbonyl (C=O) groups excluding carboxylic acids is 1. The topological polar surface area (TPSA) is 51.1 Å². The van der Waals surface area contributed by atoms with E-state index in [4.69, 9.17) is 11.6 Å². The Morgan fingerprint density at radius 3 is 2.63 bits per heavy atom. The highest BCUT2D eigenvalue weighted by atomic mass is 35.5. The minimum Gasteiger partial charge on any atom is -0.348 e. The van der Waals surface area contributed by atoms with Crippen LogP contribution in [0.15, 0.2) is 59.5 Å². The van der Waals surface area contributed by atoms with Crippen LogP contribution in [0, 0.1) is 0 Å². The molecule has 4 nitrogen and oxygen atoms in total. The van der Waals surface area contributed by atoms with Crippen LogP contribution in [0.3, 0.4) is 0 Å². The number of rotatable bonds is 7. The van der Waals surface area contributed by atoms with E-state index in [2.05, 4.69) is 12.2 Å². The van der Waals surface area contributed by atoms with Crippen LogP contribution in [0.1, 0.15) is 35.7 Å². The number of hydrogen-bond donors (Lipinski definition) is 1. The third kappa shape index (κ3) is 4.87. The van der Waals surface area contributed by atoms with Gasteiger partial charge in [0.25, 0.3) is 11.5 Å². The third-order valence-corrected chi connectivity index (χ3v) is 5.52. The van der Waals surface area contributed by atoms with Crippen LogP contribution in [0.2, 0.25) is 4.34 Å². The van der Waals surface area contributed by atoms with Crippen molar-refractivity contribution in [2.75, 3.05) is 0 Å². The summed E-state index contributed by atoms with van der Waals surface area (Å²) in [5.74, 6) is -0.362. The molecule has 0 aliphatic heterocycles. The maximum atomic E-state index is 12.8. The molecule has 3 rings (SSSR count). The fourth-order valence-electron chi connectivity index (χ4n) is 2.77. The van der Waals surface area contributed by atoms with Crippen LogP contribution in [0.4, 0.5) is 0 Å². The molecule has 0 atom stereocenters. The highest BCUT2D eigenvalue weighted by Gasteiger charge is 2.16. The summed E-state index contributed by atoms with van der Waals surface area (Å²) in [5, 5.41) is 2.85. The van der Waals surface area contributed by atoms with Crippen molar-refractivity contribution in [3.63, 3.8) is 0 Å². The van der Waals surface area contributed by atoms with Crippen molar-refractivity contribution < 1.29 is 4.79 Å². The monoisotopic (exact) mass is 400 g/mol. The highest BCUT2D eigenvalue weighted by Crippen LogP contribution is 2.30. The summed E-state index contributed by atoms with van der Waals surface area (Å²) in [6.45, 7) is 3.03. The Hall–Kier alpha value is -2.37. The SMILES string of the molecule is CCCCn1cc(-c2ccc(Cl)s2)cc(C(=O)NCc2ccccc2)c1=O. The summed E-state index contributed by atoms with van der Waals surface area (Å²) in [5.41, 5.74) is 1.70. The van der Waals surface area contributed by atoms with Gasteiger partial charge in [-0.1, -0.05) is 55.3 Å². The Kier molecular flexibility index (Phi) is 6.48. The summed E-state index contributed by atoms with van der Waals surface area (Å²) in [6.07, 6.45) is 3.66. The lowest BCUT2D eigenvalue weighted by atomic mass is 10.1. The molecule has 0 aliphatic rings. The largest absolute Gasteiger partial charge is 0.348 e. The van der Waals surface area contributed by atoms with Crippen molar-refractivity contribution in [3.05, 3.63) is 80.5 Å². The van der Waals surface area contributed by atoms with E-state index in [1.807, 2.05) is 48.7 Å². The molecule has 0 aliphatic carbocycles. The smallest absolute Gasteiger partial charge is 0.263 e. The van der Waals surface area contributed by atoms with E-state index in [0.717, 1.165) is 28.8 Å². The normalized spacial score (nSPS) is 10.7. The van der Waals surface area contributed by atoms with Crippen LogP contribution in [-0.4, -0.2) is 10.5 Å². The number of unbranched alkanes of at least 4 members (excludes halogenated alkanes) is 1. The number of thiophene rings is 1. The molecular weight excluding hydrogens is 380 g/mol. The summed E-state index contributed by atoms with van der Waals surface area (Å²) in [7, 11) is 0. The first-order valence-electron chi connectivity index (χ1n) is 8.91. The Labute approximate surface area is 167 Å². The number of amides is 1. The van der Waals surface area contributed by atoms with Gasteiger partial charge in [-0.15, -0.1) is 11.3 Å². The number of benzene rings is 1. The van der Waals surface area contributed by atoms with Gasteiger partial charge in [-0.25, -0.2) is 0 Å². The number of halogens is 1. The minimum absolute atomic E-state index is 0.157. The molecule has 0 radical (unpaired) electrons. The summed E-state index contributed by atoms with van der Waals surface area (Å²) >= 11 is 7.48. The molecule has 0 unspecified atom stereocenters. The van der Waals surface area contributed by atoms with E-state index < -0.39 is 0 Å². The maximum Gasteiger partial charge on any atom is 0.263 e. The molecule has 27 heavy (non-hydrogen) atoms. The van der Waals surface area contributed by atoms with Crippen molar-refractivity contribution in [2.24, 2.45) is 0 Å². The van der Waals surface area contributed by atoms with Crippen LogP contribution >= 0.6 is 22.9 Å². The molecule has 0 saturated heterocycles. The molecule has 2 aromatic heterocycles. The lowest BCUT2D eigenvalue weighted by molar-refractivity contribution is 0.0949. The fraction of sp³-hybridized carbons (Fsp3) is 0.238. The first kappa shape index (κ1) is 19.4. The predicted molar refractivity (Wildman–Crippen MR) is 112 cm³/mol. The van der Waals surface area contributed by atoms with E-state index in [9.17, 15) is 9.59 Å². The summed E-state index contributed by atoms with van der Waals surface area (Å²) < 4.78 is 2.30. The van der Waals surface area contributed by atoms with E-state index in [1.54, 1.807) is 10.6 Å². The molecule has 6 heteroatoms. The van der Waals surface area contributed by atoms with Crippen LogP contribution in [0.5, 0.6) is 0 Å². The first-order chi connectivity index (χ1) is 13.1. The van der Waals surface area contributed by atoms with Crippen LogP contribution in [-0.2, 0) is 13.1 Å². The zero-order valence-corrected chi connectivity index (χ0v) is 16.6. The number of hydrogen-bond acceptors (Lipinski definition) is 3. The molecular formula is C21H21ClN2O2S. The molecule has 0 fully saturated rings. The second-order valence-corrected chi connectivity index (χ2v) is 7.98. The van der Waals surface area contributed by atoms with Gasteiger partial charge in [0, 0.05) is 29.7 Å². The molecule has 140 valence electrons. The van der Waals surface area contributed by atoms with Gasteiger partial charge < -0.3 is 9.88 Å². The quantitative estimate of drug-likeness (QED) is 0.609. The van der Waals surface area contributed by atoms with Crippen molar-refractivity contribution in [1.82, 2.24) is 9.88 Å². The fourth-order valence-corrected chi connectivity index (χ4v) is 3.79. The molecule has 1 amide bonds. The van der Waals surface area contributed by atoms with E-state index >= 15 is 0 Å². The van der Waals surface area contributed by atoms with Gasteiger partial charge in [0.05, 0.1) is 4.34 Å². The molecule has 0 spiro atoms. The van der Waals surface area contributed by atoms with Gasteiger partial charge in [0.15, 0.2) is 0 Å². The van der Waals surface area contributed by atoms with Crippen molar-refractivity contribution in [2.45, 2.75) is 32.9 Å². The van der Waals surface area contributed by atoms with Gasteiger partial charge in [0.1, 0.15) is 5.56 Å². The standard InChI is InChI=1S/C21H21ClN2O2S/c1-2-3-11-24-14-16(18-9-10-19(22)27-18)12-17(21(24)26)20(25)23-13-15-7-5-4-6-8-15/h4-10,12,14H,2-3,11,13H2,1H3,(H,23,25). The number of pyridine rings is 1. The Bertz CT molecular complexity index is 979. The second-order valence-electron chi connectivity index (χ2n) is 6.27. The van der Waals surface area contributed by atoms with Gasteiger partial charge in [-0.3, -0.25) is 9.59 Å². The van der Waals surface area contributed by atoms with E-state index in [1.165, 1.54) is 11.3 Å². The Balaban J connectivity index is 1.92. The first-order valence-corrected chi connectivity index (χ1v) is 10.1. The van der Waals surface area contributed by atoms with Crippen molar-refractivity contribution in [3.8, 4) is 10.4 Å². The molecule has 1 N–H and O–H groups in total. The zero-order valence-electron chi connectivity index (χ0n) is 15.1. The molecule has 0 bridgehead atoms. The number of carbonyl (C=O) groups is 1. The Morgan fingerprint density at radius 1 is 1.19 bits per heavy atom. The zero-order chi connectivity index (χ0) is 19.2. The van der Waals surface area contributed by atoms with Crippen LogP contribution < -0.4 is 10.9 Å². The predicted octanol–water partition coefficient (Wildman–Crippen LogP) is 4.96. The second kappa shape index (κ2) is 9.02. The average Bonchev–Trinajstić information content (AvgIpc) is 3.12. The number of nitrogens with zero attached hydrogens (tertiary/aromatic N) is 1. The minimum atomic E-state index is -0.362. The Morgan fingerprint density at radius 2 is 1.96 bits per heavy atom. The van der Waals surface area contributed by atoms with Gasteiger partial charge in [-0.2, -0.15) is 0 Å². The third-order valence-electron chi connectivity index (χ3n) is 4.24. The highest BCUT2D eigenvalue weighted by molar-refractivity contribution is 7.19. The van der Waals surface area contributed by atoms with Crippen LogP contribution in [0.25, 0.3) is 10.4 Å². The molecule has 3 aromatic rings. The van der Waals surface area contributed by atoms with E-state index in [-0.39, 0.29) is 17.0 Å². The molecule has 1 aromatic carbocycles. The lowest BCUT2D eigenvalue weighted by Crippen LogP contribution is -2.32. The van der Waals surface area contributed by atoms with Crippen molar-refractivity contribution >= 4 is 28.8 Å². The summed E-state index contributed by atoms with van der Waals surface area (Å²) in [6, 6.07) is 15.0. The average molecular weight is 401 g/mol. The number of nitrogens with one attached hydrogen (secondary N) is 1. The summed E-state index contributed by atoms with van der Waals surface area (Å²) in [4.78, 5) is 26.4. The van der Waals surface area contributed by atoms with E-state index in [0.29, 0.717) is 17.4 Å². The number of aryl methyl sites for hydroxylation is 1. The lowest BCUT2D eigenvalue weighted by Gasteiger charge is -2.11. The maximum absolute atomic E-state index is 12.8.